The summed E-state index contributed by atoms with van der Waals surface area (Å²) in [7, 11) is 1.81. The molecule has 2 nitrogen and oxygen atoms in total. The third-order valence-electron chi connectivity index (χ3n) is 3.20. The Morgan fingerprint density at radius 1 is 1.53 bits per heavy atom. The van der Waals surface area contributed by atoms with Crippen molar-refractivity contribution < 1.29 is 4.74 Å². The average Bonchev–Trinajstić information content (AvgIpc) is 2.66. The Bertz CT molecular complexity index is 166. The Morgan fingerprint density at radius 3 is 2.93 bits per heavy atom. The predicted octanol–water partition coefficient (Wildman–Crippen LogP) is 2.77. The zero-order valence-electron chi connectivity index (χ0n) is 10.0. The number of likely N-dealkylation sites (tertiary alicyclic amines) is 1. The summed E-state index contributed by atoms with van der Waals surface area (Å²) in [4.78, 5) is 2.60. The van der Waals surface area contributed by atoms with Crippen molar-refractivity contribution in [2.45, 2.75) is 26.2 Å². The minimum Gasteiger partial charge on any atom is -0.384 e. The summed E-state index contributed by atoms with van der Waals surface area (Å²) in [6.07, 6.45) is 3.96. The lowest BCUT2D eigenvalue weighted by atomic mass is 10.1. The summed E-state index contributed by atoms with van der Waals surface area (Å²) >= 11 is 3.62. The van der Waals surface area contributed by atoms with Gasteiger partial charge < -0.3 is 9.64 Å². The van der Waals surface area contributed by atoms with Crippen LogP contribution in [0.5, 0.6) is 0 Å². The molecule has 15 heavy (non-hydrogen) atoms. The van der Waals surface area contributed by atoms with Crippen molar-refractivity contribution in [3.63, 3.8) is 0 Å². The smallest absolute Gasteiger partial charge is 0.0503 e. The van der Waals surface area contributed by atoms with Crippen molar-refractivity contribution in [2.24, 2.45) is 11.8 Å². The van der Waals surface area contributed by atoms with Gasteiger partial charge in [0, 0.05) is 25.5 Å². The molecule has 0 amide bonds. The van der Waals surface area contributed by atoms with E-state index in [4.69, 9.17) is 4.74 Å². The lowest BCUT2D eigenvalue weighted by Crippen LogP contribution is -2.28. The van der Waals surface area contributed by atoms with Crippen molar-refractivity contribution in [1.82, 2.24) is 4.90 Å². The van der Waals surface area contributed by atoms with Gasteiger partial charge in [-0.05, 0) is 31.2 Å². The molecular formula is C12H24BrNO. The van der Waals surface area contributed by atoms with Gasteiger partial charge >= 0.3 is 0 Å². The molecular weight excluding hydrogens is 254 g/mol. The van der Waals surface area contributed by atoms with Gasteiger partial charge in [-0.3, -0.25) is 0 Å². The molecule has 0 aromatic carbocycles. The molecule has 3 heteroatoms. The summed E-state index contributed by atoms with van der Waals surface area (Å²) in [6.45, 7) is 6.97. The maximum Gasteiger partial charge on any atom is 0.0503 e. The summed E-state index contributed by atoms with van der Waals surface area (Å²) in [6, 6.07) is 0. The average molecular weight is 278 g/mol. The minimum atomic E-state index is 0.771. The third kappa shape index (κ3) is 4.83. The fourth-order valence-corrected chi connectivity index (χ4v) is 2.97. The molecule has 0 bridgehead atoms. The summed E-state index contributed by atoms with van der Waals surface area (Å²) < 4.78 is 5.22. The molecule has 1 saturated heterocycles. The molecule has 2 atom stereocenters. The number of hydrogen-bond acceptors (Lipinski definition) is 2. The highest BCUT2D eigenvalue weighted by Gasteiger charge is 2.23. The fourth-order valence-electron chi connectivity index (χ4n) is 2.44. The van der Waals surface area contributed by atoms with Gasteiger partial charge in [0.2, 0.25) is 0 Å². The minimum absolute atomic E-state index is 0.771. The normalized spacial score (nSPS) is 24.6. The number of methoxy groups -OCH3 is 1. The molecule has 1 rings (SSSR count). The Kier molecular flexibility index (Phi) is 6.86. The van der Waals surface area contributed by atoms with Gasteiger partial charge in [0.1, 0.15) is 0 Å². The van der Waals surface area contributed by atoms with E-state index < -0.39 is 0 Å². The van der Waals surface area contributed by atoms with Crippen LogP contribution in [0.3, 0.4) is 0 Å². The maximum absolute atomic E-state index is 5.22. The van der Waals surface area contributed by atoms with E-state index in [-0.39, 0.29) is 0 Å². The Balaban J connectivity index is 2.21. The van der Waals surface area contributed by atoms with Gasteiger partial charge in [-0.15, -0.1) is 0 Å². The van der Waals surface area contributed by atoms with E-state index in [1.807, 2.05) is 0 Å². The first-order valence-electron chi connectivity index (χ1n) is 6.07. The van der Waals surface area contributed by atoms with Gasteiger partial charge in [-0.2, -0.15) is 0 Å². The van der Waals surface area contributed by atoms with E-state index in [2.05, 4.69) is 27.8 Å². The Labute approximate surface area is 102 Å². The molecule has 2 unspecified atom stereocenters. The van der Waals surface area contributed by atoms with Crippen LogP contribution in [-0.2, 0) is 4.74 Å². The molecule has 0 N–H and O–H groups in total. The van der Waals surface area contributed by atoms with Crippen LogP contribution in [0.4, 0.5) is 0 Å². The number of halogens is 1. The van der Waals surface area contributed by atoms with Crippen molar-refractivity contribution in [3.8, 4) is 0 Å². The van der Waals surface area contributed by atoms with E-state index >= 15 is 0 Å². The standard InChI is InChI=1S/C12H24BrNO/c1-3-4-11(7-13)8-14-6-5-12(9-14)10-15-2/h11-12H,3-10H2,1-2H3. The second-order valence-electron chi connectivity index (χ2n) is 4.68. The fraction of sp³-hybridized carbons (Fsp3) is 1.00. The summed E-state index contributed by atoms with van der Waals surface area (Å²) in [5.74, 6) is 1.60. The number of hydrogen-bond donors (Lipinski definition) is 0. The highest BCUT2D eigenvalue weighted by atomic mass is 79.9. The van der Waals surface area contributed by atoms with Crippen LogP contribution in [0.1, 0.15) is 26.2 Å². The molecule has 0 saturated carbocycles. The molecule has 0 aliphatic carbocycles. The van der Waals surface area contributed by atoms with Gasteiger partial charge in [-0.25, -0.2) is 0 Å². The van der Waals surface area contributed by atoms with Crippen LogP contribution in [0.15, 0.2) is 0 Å². The van der Waals surface area contributed by atoms with E-state index in [0.717, 1.165) is 23.8 Å². The zero-order chi connectivity index (χ0) is 11.1. The lowest BCUT2D eigenvalue weighted by molar-refractivity contribution is 0.151. The molecule has 0 spiro atoms. The van der Waals surface area contributed by atoms with E-state index in [9.17, 15) is 0 Å². The monoisotopic (exact) mass is 277 g/mol. The Hall–Kier alpha value is 0.400. The molecule has 90 valence electrons. The first kappa shape index (κ1) is 13.5. The van der Waals surface area contributed by atoms with E-state index in [1.54, 1.807) is 7.11 Å². The number of ether oxygens (including phenoxy) is 1. The van der Waals surface area contributed by atoms with Crippen molar-refractivity contribution in [2.75, 3.05) is 38.7 Å². The van der Waals surface area contributed by atoms with Crippen molar-refractivity contribution >= 4 is 15.9 Å². The van der Waals surface area contributed by atoms with Crippen LogP contribution in [0.25, 0.3) is 0 Å². The van der Waals surface area contributed by atoms with Gasteiger partial charge in [0.05, 0.1) is 6.61 Å². The van der Waals surface area contributed by atoms with Gasteiger partial charge in [-0.1, -0.05) is 29.3 Å². The highest BCUT2D eigenvalue weighted by Crippen LogP contribution is 2.20. The molecule has 0 radical (unpaired) electrons. The van der Waals surface area contributed by atoms with Crippen molar-refractivity contribution in [3.05, 3.63) is 0 Å². The summed E-state index contributed by atoms with van der Waals surface area (Å²) in [5, 5.41) is 1.15. The van der Waals surface area contributed by atoms with Crippen LogP contribution in [-0.4, -0.2) is 43.6 Å². The van der Waals surface area contributed by atoms with E-state index in [1.165, 1.54) is 38.9 Å². The van der Waals surface area contributed by atoms with Crippen LogP contribution >= 0.6 is 15.9 Å². The highest BCUT2D eigenvalue weighted by molar-refractivity contribution is 9.09. The molecule has 0 aromatic heterocycles. The predicted molar refractivity (Wildman–Crippen MR) is 68.6 cm³/mol. The second kappa shape index (κ2) is 7.64. The lowest BCUT2D eigenvalue weighted by Gasteiger charge is -2.21. The number of nitrogens with zero attached hydrogens (tertiary/aromatic N) is 1. The second-order valence-corrected chi connectivity index (χ2v) is 5.33. The molecule has 1 aliphatic heterocycles. The first-order chi connectivity index (χ1) is 7.30. The SMILES string of the molecule is CCCC(CBr)CN1CCC(COC)C1. The van der Waals surface area contributed by atoms with Crippen LogP contribution in [0.2, 0.25) is 0 Å². The Morgan fingerprint density at radius 2 is 2.33 bits per heavy atom. The van der Waals surface area contributed by atoms with Crippen LogP contribution in [0, 0.1) is 11.8 Å². The molecule has 0 aromatic rings. The van der Waals surface area contributed by atoms with Crippen LogP contribution < -0.4 is 0 Å². The largest absolute Gasteiger partial charge is 0.384 e. The molecule has 1 fully saturated rings. The van der Waals surface area contributed by atoms with Gasteiger partial charge in [0.15, 0.2) is 0 Å². The molecule has 1 heterocycles. The summed E-state index contributed by atoms with van der Waals surface area (Å²) in [5.41, 5.74) is 0. The topological polar surface area (TPSA) is 12.5 Å². The first-order valence-corrected chi connectivity index (χ1v) is 7.19. The molecule has 1 aliphatic rings. The zero-order valence-corrected chi connectivity index (χ0v) is 11.6. The number of alkyl halides is 1. The van der Waals surface area contributed by atoms with Crippen molar-refractivity contribution in [1.29, 1.82) is 0 Å². The quantitative estimate of drug-likeness (QED) is 0.664. The van der Waals surface area contributed by atoms with E-state index in [0.29, 0.717) is 0 Å². The van der Waals surface area contributed by atoms with Gasteiger partial charge in [0.25, 0.3) is 0 Å². The third-order valence-corrected chi connectivity index (χ3v) is 4.12. The maximum atomic E-state index is 5.22. The number of rotatable bonds is 7.